The number of nitrogens with zero attached hydrogens (tertiary/aromatic N) is 1. The van der Waals surface area contributed by atoms with Crippen LogP contribution < -0.4 is 5.73 Å². The molecule has 4 N–H and O–H groups in total. The second-order valence-corrected chi connectivity index (χ2v) is 2.34. The van der Waals surface area contributed by atoms with Gasteiger partial charge in [0.2, 0.25) is 0 Å². The third-order valence-electron chi connectivity index (χ3n) is 1.25. The van der Waals surface area contributed by atoms with Crippen LogP contribution in [0, 0.1) is 0 Å². The molecule has 0 aromatic heterocycles. The standard InChI is InChI=1S/C6H12N2O4/c1-3(9)8(4(2)10)6(12)5(7)11/h3-4,9-10H,1-2H3,(H2,7,11). The topological polar surface area (TPSA) is 104 Å². The Labute approximate surface area is 69.6 Å². The van der Waals surface area contributed by atoms with Crippen LogP contribution in [0.25, 0.3) is 0 Å². The van der Waals surface area contributed by atoms with Gasteiger partial charge in [-0.1, -0.05) is 0 Å². The lowest BCUT2D eigenvalue weighted by Crippen LogP contribution is -2.49. The number of hydrogen-bond acceptors (Lipinski definition) is 4. The largest absolute Gasteiger partial charge is 0.374 e. The molecule has 12 heavy (non-hydrogen) atoms. The summed E-state index contributed by atoms with van der Waals surface area (Å²) in [5.74, 6) is -2.32. The molecule has 0 spiro atoms. The highest BCUT2D eigenvalue weighted by Gasteiger charge is 2.26. The number of rotatable bonds is 2. The van der Waals surface area contributed by atoms with Crippen molar-refractivity contribution in [3.63, 3.8) is 0 Å². The summed E-state index contributed by atoms with van der Waals surface area (Å²) in [6, 6.07) is 0. The molecule has 2 unspecified atom stereocenters. The molecule has 0 aliphatic heterocycles. The number of aliphatic hydroxyl groups is 2. The van der Waals surface area contributed by atoms with Crippen molar-refractivity contribution >= 4 is 11.8 Å². The van der Waals surface area contributed by atoms with E-state index in [1.165, 1.54) is 13.8 Å². The Kier molecular flexibility index (Phi) is 3.65. The molecule has 0 fully saturated rings. The molecule has 0 aromatic rings. The fourth-order valence-electron chi connectivity index (χ4n) is 0.779. The van der Waals surface area contributed by atoms with Crippen molar-refractivity contribution in [1.29, 1.82) is 0 Å². The Morgan fingerprint density at radius 2 is 1.58 bits per heavy atom. The van der Waals surface area contributed by atoms with Crippen LogP contribution in [0.3, 0.4) is 0 Å². The van der Waals surface area contributed by atoms with E-state index in [2.05, 4.69) is 5.73 Å². The molecular formula is C6H12N2O4. The Morgan fingerprint density at radius 1 is 1.25 bits per heavy atom. The van der Waals surface area contributed by atoms with Gasteiger partial charge >= 0.3 is 11.8 Å². The maximum atomic E-state index is 10.9. The zero-order chi connectivity index (χ0) is 9.89. The predicted molar refractivity (Wildman–Crippen MR) is 39.4 cm³/mol. The summed E-state index contributed by atoms with van der Waals surface area (Å²) in [4.78, 5) is 21.8. The summed E-state index contributed by atoms with van der Waals surface area (Å²) in [7, 11) is 0. The van der Waals surface area contributed by atoms with Crippen LogP contribution in [0.4, 0.5) is 0 Å². The van der Waals surface area contributed by atoms with E-state index >= 15 is 0 Å². The summed E-state index contributed by atoms with van der Waals surface area (Å²) in [5, 5.41) is 17.9. The van der Waals surface area contributed by atoms with Gasteiger partial charge in [-0.25, -0.2) is 0 Å². The van der Waals surface area contributed by atoms with Crippen molar-refractivity contribution in [2.24, 2.45) is 5.73 Å². The first-order valence-corrected chi connectivity index (χ1v) is 3.36. The Morgan fingerprint density at radius 3 is 1.67 bits per heavy atom. The summed E-state index contributed by atoms with van der Waals surface area (Å²) in [6.45, 7) is 2.49. The molecule has 70 valence electrons. The van der Waals surface area contributed by atoms with Crippen LogP contribution in [0.1, 0.15) is 13.8 Å². The van der Waals surface area contributed by atoms with E-state index < -0.39 is 24.3 Å². The van der Waals surface area contributed by atoms with Crippen molar-refractivity contribution in [3.05, 3.63) is 0 Å². The molecule has 0 aromatic carbocycles. The van der Waals surface area contributed by atoms with Crippen LogP contribution in [0.2, 0.25) is 0 Å². The van der Waals surface area contributed by atoms with Crippen LogP contribution in [-0.2, 0) is 9.59 Å². The van der Waals surface area contributed by atoms with E-state index in [4.69, 9.17) is 10.2 Å². The van der Waals surface area contributed by atoms with E-state index in [0.29, 0.717) is 4.90 Å². The zero-order valence-corrected chi connectivity index (χ0v) is 6.89. The molecule has 0 radical (unpaired) electrons. The van der Waals surface area contributed by atoms with Crippen LogP contribution in [0.5, 0.6) is 0 Å². The summed E-state index contributed by atoms with van der Waals surface area (Å²) >= 11 is 0. The van der Waals surface area contributed by atoms with Gasteiger partial charge in [0.15, 0.2) is 0 Å². The number of hydrogen-bond donors (Lipinski definition) is 3. The number of amides is 2. The van der Waals surface area contributed by atoms with E-state index in [1.807, 2.05) is 0 Å². The molecule has 0 heterocycles. The van der Waals surface area contributed by atoms with Gasteiger partial charge in [-0.05, 0) is 13.8 Å². The molecule has 2 atom stereocenters. The molecule has 6 nitrogen and oxygen atoms in total. The van der Waals surface area contributed by atoms with Crippen molar-refractivity contribution in [1.82, 2.24) is 4.90 Å². The van der Waals surface area contributed by atoms with E-state index in [-0.39, 0.29) is 0 Å². The summed E-state index contributed by atoms with van der Waals surface area (Å²) in [6.07, 6.45) is -2.49. The average Bonchev–Trinajstić information content (AvgIpc) is 1.85. The van der Waals surface area contributed by atoms with E-state index in [9.17, 15) is 9.59 Å². The number of carbonyl (C=O) groups is 2. The van der Waals surface area contributed by atoms with Crippen LogP contribution >= 0.6 is 0 Å². The molecule has 0 rings (SSSR count). The third-order valence-corrected chi connectivity index (χ3v) is 1.25. The van der Waals surface area contributed by atoms with E-state index in [1.54, 1.807) is 0 Å². The highest BCUT2D eigenvalue weighted by Crippen LogP contribution is 2.00. The van der Waals surface area contributed by atoms with Gasteiger partial charge in [0.1, 0.15) is 12.5 Å². The molecule has 0 aliphatic carbocycles. The van der Waals surface area contributed by atoms with Gasteiger partial charge in [-0.15, -0.1) is 0 Å². The van der Waals surface area contributed by atoms with Crippen molar-refractivity contribution in [3.8, 4) is 0 Å². The molecular weight excluding hydrogens is 164 g/mol. The number of primary amides is 1. The molecule has 0 saturated heterocycles. The first-order chi connectivity index (χ1) is 5.37. The average molecular weight is 176 g/mol. The molecule has 0 aliphatic rings. The number of aliphatic hydroxyl groups excluding tert-OH is 2. The van der Waals surface area contributed by atoms with Crippen LogP contribution in [0.15, 0.2) is 0 Å². The first-order valence-electron chi connectivity index (χ1n) is 3.36. The normalized spacial score (nSPS) is 15.0. The second kappa shape index (κ2) is 4.03. The highest BCUT2D eigenvalue weighted by atomic mass is 16.3. The fraction of sp³-hybridized carbons (Fsp3) is 0.667. The number of nitrogens with two attached hydrogens (primary N) is 1. The molecule has 6 heteroatoms. The minimum atomic E-state index is -1.25. The second-order valence-electron chi connectivity index (χ2n) is 2.34. The molecule has 0 saturated carbocycles. The smallest absolute Gasteiger partial charge is 0.315 e. The van der Waals surface area contributed by atoms with Gasteiger partial charge in [-0.2, -0.15) is 0 Å². The van der Waals surface area contributed by atoms with Gasteiger partial charge in [-0.3, -0.25) is 14.5 Å². The predicted octanol–water partition coefficient (Wildman–Crippen LogP) is -2.02. The van der Waals surface area contributed by atoms with Crippen molar-refractivity contribution < 1.29 is 19.8 Å². The number of carbonyl (C=O) groups excluding carboxylic acids is 2. The molecule has 0 bridgehead atoms. The van der Waals surface area contributed by atoms with Crippen molar-refractivity contribution in [2.75, 3.05) is 0 Å². The van der Waals surface area contributed by atoms with Gasteiger partial charge in [0.25, 0.3) is 0 Å². The van der Waals surface area contributed by atoms with Gasteiger partial charge in [0.05, 0.1) is 0 Å². The Balaban J connectivity index is 4.52. The maximum absolute atomic E-state index is 10.9. The first kappa shape index (κ1) is 10.9. The lowest BCUT2D eigenvalue weighted by atomic mass is 10.4. The molecule has 2 amide bonds. The van der Waals surface area contributed by atoms with Gasteiger partial charge in [0, 0.05) is 0 Å². The Hall–Kier alpha value is -1.14. The Bertz CT molecular complexity index is 182. The fourth-order valence-corrected chi connectivity index (χ4v) is 0.779. The lowest BCUT2D eigenvalue weighted by molar-refractivity contribution is -0.162. The van der Waals surface area contributed by atoms with E-state index in [0.717, 1.165) is 0 Å². The summed E-state index contributed by atoms with van der Waals surface area (Å²) in [5.41, 5.74) is 4.66. The minimum absolute atomic E-state index is 0.572. The monoisotopic (exact) mass is 176 g/mol. The SMILES string of the molecule is CC(O)N(C(=O)C(N)=O)C(C)O. The summed E-state index contributed by atoms with van der Waals surface area (Å²) < 4.78 is 0. The lowest BCUT2D eigenvalue weighted by Gasteiger charge is -2.26. The van der Waals surface area contributed by atoms with Gasteiger partial charge < -0.3 is 15.9 Å². The van der Waals surface area contributed by atoms with Crippen LogP contribution in [-0.4, -0.2) is 39.4 Å². The van der Waals surface area contributed by atoms with Crippen molar-refractivity contribution in [2.45, 2.75) is 26.3 Å². The zero-order valence-electron chi connectivity index (χ0n) is 6.89. The highest BCUT2D eigenvalue weighted by molar-refractivity contribution is 6.34. The maximum Gasteiger partial charge on any atom is 0.315 e. The quantitative estimate of drug-likeness (QED) is 0.333. The minimum Gasteiger partial charge on any atom is -0.374 e. The third kappa shape index (κ3) is 2.48.